The molecular formula is C14H14N2O4. The molecule has 0 unspecified atom stereocenters. The zero-order chi connectivity index (χ0) is 14.5. The summed E-state index contributed by atoms with van der Waals surface area (Å²) in [4.78, 5) is 22.2. The monoisotopic (exact) mass is 274 g/mol. The van der Waals surface area contributed by atoms with Crippen LogP contribution in [-0.2, 0) is 11.2 Å². The number of carbonyl (C=O) groups is 1. The number of amides is 1. The van der Waals surface area contributed by atoms with Gasteiger partial charge < -0.3 is 9.73 Å². The molecule has 6 heteroatoms. The first-order chi connectivity index (χ1) is 9.56. The number of hydrogen-bond donors (Lipinski definition) is 1. The maximum Gasteiger partial charge on any atom is 0.293 e. The first kappa shape index (κ1) is 13.8. The number of nitrogens with one attached hydrogen (secondary N) is 1. The van der Waals surface area contributed by atoms with Crippen LogP contribution in [0.1, 0.15) is 17.7 Å². The summed E-state index contributed by atoms with van der Waals surface area (Å²) in [5.74, 6) is 0.423. The fraction of sp³-hybridized carbons (Fsp3) is 0.214. The standard InChI is InChI=1S/C14H14N2O4/c1-10-4-6-12(13(9-10)16(18)19)15-14(17)7-5-11-3-2-8-20-11/h2-4,6,8-9H,5,7H2,1H3,(H,15,17). The third-order valence-corrected chi connectivity index (χ3v) is 2.80. The molecule has 0 radical (unpaired) electrons. The topological polar surface area (TPSA) is 85.4 Å². The Morgan fingerprint density at radius 1 is 1.40 bits per heavy atom. The van der Waals surface area contributed by atoms with Gasteiger partial charge in [0.05, 0.1) is 11.2 Å². The second-order valence-electron chi connectivity index (χ2n) is 4.41. The van der Waals surface area contributed by atoms with Crippen molar-refractivity contribution in [3.63, 3.8) is 0 Å². The van der Waals surface area contributed by atoms with Crippen molar-refractivity contribution in [2.75, 3.05) is 5.32 Å². The van der Waals surface area contributed by atoms with Crippen LogP contribution in [0, 0.1) is 17.0 Å². The maximum atomic E-state index is 11.8. The van der Waals surface area contributed by atoms with E-state index in [1.807, 2.05) is 0 Å². The molecule has 0 spiro atoms. The second kappa shape index (κ2) is 6.01. The third-order valence-electron chi connectivity index (χ3n) is 2.80. The Hall–Kier alpha value is -2.63. The van der Waals surface area contributed by atoms with Gasteiger partial charge in [0.1, 0.15) is 11.4 Å². The van der Waals surface area contributed by atoms with E-state index in [1.165, 1.54) is 18.4 Å². The number of benzene rings is 1. The zero-order valence-corrected chi connectivity index (χ0v) is 11.0. The lowest BCUT2D eigenvalue weighted by atomic mass is 10.2. The van der Waals surface area contributed by atoms with E-state index >= 15 is 0 Å². The largest absolute Gasteiger partial charge is 0.469 e. The fourth-order valence-electron chi connectivity index (χ4n) is 1.80. The highest BCUT2D eigenvalue weighted by Crippen LogP contribution is 2.25. The number of rotatable bonds is 5. The molecule has 2 aromatic rings. The zero-order valence-electron chi connectivity index (χ0n) is 11.0. The summed E-state index contributed by atoms with van der Waals surface area (Å²) < 4.78 is 5.12. The van der Waals surface area contributed by atoms with E-state index in [9.17, 15) is 14.9 Å². The number of hydrogen-bond acceptors (Lipinski definition) is 4. The lowest BCUT2D eigenvalue weighted by Gasteiger charge is -2.06. The average molecular weight is 274 g/mol. The minimum atomic E-state index is -0.505. The predicted molar refractivity (Wildman–Crippen MR) is 73.5 cm³/mol. The molecule has 0 fully saturated rings. The van der Waals surface area contributed by atoms with Crippen LogP contribution >= 0.6 is 0 Å². The Kier molecular flexibility index (Phi) is 4.14. The molecule has 0 aliphatic heterocycles. The van der Waals surface area contributed by atoms with Gasteiger partial charge in [-0.3, -0.25) is 14.9 Å². The van der Waals surface area contributed by atoms with Crippen LogP contribution in [0.5, 0.6) is 0 Å². The maximum absolute atomic E-state index is 11.8. The number of nitro benzene ring substituents is 1. The van der Waals surface area contributed by atoms with E-state index in [0.29, 0.717) is 12.2 Å². The second-order valence-corrected chi connectivity index (χ2v) is 4.41. The van der Waals surface area contributed by atoms with E-state index in [4.69, 9.17) is 4.42 Å². The highest BCUT2D eigenvalue weighted by Gasteiger charge is 2.16. The van der Waals surface area contributed by atoms with Crippen LogP contribution in [0.3, 0.4) is 0 Å². The smallest absolute Gasteiger partial charge is 0.293 e. The molecule has 1 N–H and O–H groups in total. The SMILES string of the molecule is Cc1ccc(NC(=O)CCc2ccco2)c([N+](=O)[O-])c1. The molecular weight excluding hydrogens is 260 g/mol. The molecule has 0 saturated carbocycles. The van der Waals surface area contributed by atoms with E-state index in [0.717, 1.165) is 5.56 Å². The molecule has 0 aliphatic rings. The molecule has 6 nitrogen and oxygen atoms in total. The predicted octanol–water partition coefficient (Wildman–Crippen LogP) is 3.07. The Labute approximate surface area is 115 Å². The van der Waals surface area contributed by atoms with E-state index in [2.05, 4.69) is 5.32 Å². The number of furan rings is 1. The summed E-state index contributed by atoms with van der Waals surface area (Å²) >= 11 is 0. The lowest BCUT2D eigenvalue weighted by Crippen LogP contribution is -2.13. The van der Waals surface area contributed by atoms with Crippen LogP contribution < -0.4 is 5.32 Å². The Bertz CT molecular complexity index is 620. The normalized spacial score (nSPS) is 10.2. The van der Waals surface area contributed by atoms with Gasteiger partial charge in [0.25, 0.3) is 5.69 Å². The summed E-state index contributed by atoms with van der Waals surface area (Å²) in [5.41, 5.74) is 0.881. The van der Waals surface area contributed by atoms with Crippen molar-refractivity contribution in [1.29, 1.82) is 0 Å². The van der Waals surface area contributed by atoms with E-state index < -0.39 is 4.92 Å². The number of nitrogens with zero attached hydrogens (tertiary/aromatic N) is 1. The van der Waals surface area contributed by atoms with Crippen molar-refractivity contribution < 1.29 is 14.1 Å². The molecule has 104 valence electrons. The Morgan fingerprint density at radius 2 is 2.20 bits per heavy atom. The molecule has 0 saturated heterocycles. The average Bonchev–Trinajstić information content (AvgIpc) is 2.91. The number of anilines is 1. The third kappa shape index (κ3) is 3.44. The first-order valence-corrected chi connectivity index (χ1v) is 6.13. The van der Waals surface area contributed by atoms with Gasteiger partial charge in [0, 0.05) is 18.9 Å². The van der Waals surface area contributed by atoms with Crippen LogP contribution in [-0.4, -0.2) is 10.8 Å². The van der Waals surface area contributed by atoms with E-state index in [1.54, 1.807) is 25.1 Å². The van der Waals surface area contributed by atoms with Crippen molar-refractivity contribution in [2.45, 2.75) is 19.8 Å². The fourth-order valence-corrected chi connectivity index (χ4v) is 1.80. The quantitative estimate of drug-likeness (QED) is 0.670. The highest BCUT2D eigenvalue weighted by molar-refractivity contribution is 5.93. The van der Waals surface area contributed by atoms with Gasteiger partial charge in [-0.2, -0.15) is 0 Å². The van der Waals surface area contributed by atoms with Gasteiger partial charge in [-0.1, -0.05) is 6.07 Å². The van der Waals surface area contributed by atoms with Crippen LogP contribution in [0.25, 0.3) is 0 Å². The van der Waals surface area contributed by atoms with Crippen molar-refractivity contribution in [3.8, 4) is 0 Å². The lowest BCUT2D eigenvalue weighted by molar-refractivity contribution is -0.384. The Morgan fingerprint density at radius 3 is 2.85 bits per heavy atom. The molecule has 0 atom stereocenters. The van der Waals surface area contributed by atoms with Crippen LogP contribution in [0.2, 0.25) is 0 Å². The number of nitro groups is 1. The van der Waals surface area contributed by atoms with Gasteiger partial charge in [-0.15, -0.1) is 0 Å². The molecule has 1 amide bonds. The van der Waals surface area contributed by atoms with Gasteiger partial charge in [0.2, 0.25) is 5.91 Å². The molecule has 0 bridgehead atoms. The summed E-state index contributed by atoms with van der Waals surface area (Å²) in [6.45, 7) is 1.76. The summed E-state index contributed by atoms with van der Waals surface area (Å²) in [7, 11) is 0. The van der Waals surface area contributed by atoms with Crippen molar-refractivity contribution >= 4 is 17.3 Å². The Balaban J connectivity index is 2.02. The molecule has 2 rings (SSSR count). The summed E-state index contributed by atoms with van der Waals surface area (Å²) in [6, 6.07) is 8.22. The first-order valence-electron chi connectivity index (χ1n) is 6.13. The van der Waals surface area contributed by atoms with Gasteiger partial charge >= 0.3 is 0 Å². The minimum absolute atomic E-state index is 0.101. The molecule has 1 heterocycles. The van der Waals surface area contributed by atoms with Crippen molar-refractivity contribution in [2.24, 2.45) is 0 Å². The number of carbonyl (C=O) groups excluding carboxylic acids is 1. The molecule has 0 aliphatic carbocycles. The summed E-state index contributed by atoms with van der Waals surface area (Å²) in [5, 5.41) is 13.5. The molecule has 1 aromatic carbocycles. The minimum Gasteiger partial charge on any atom is -0.469 e. The molecule has 1 aromatic heterocycles. The van der Waals surface area contributed by atoms with Gasteiger partial charge in [-0.25, -0.2) is 0 Å². The highest BCUT2D eigenvalue weighted by atomic mass is 16.6. The van der Waals surface area contributed by atoms with E-state index in [-0.39, 0.29) is 23.7 Å². The van der Waals surface area contributed by atoms with Gasteiger partial charge in [-0.05, 0) is 30.7 Å². The van der Waals surface area contributed by atoms with Crippen LogP contribution in [0.15, 0.2) is 41.0 Å². The van der Waals surface area contributed by atoms with Crippen molar-refractivity contribution in [3.05, 3.63) is 58.0 Å². The summed E-state index contributed by atoms with van der Waals surface area (Å²) in [6.07, 6.45) is 2.20. The van der Waals surface area contributed by atoms with Crippen LogP contribution in [0.4, 0.5) is 11.4 Å². The molecule has 20 heavy (non-hydrogen) atoms. The van der Waals surface area contributed by atoms with Crippen molar-refractivity contribution in [1.82, 2.24) is 0 Å². The number of aryl methyl sites for hydroxylation is 2. The van der Waals surface area contributed by atoms with Gasteiger partial charge in [0.15, 0.2) is 0 Å².